The normalized spacial score (nSPS) is 13.2. The summed E-state index contributed by atoms with van der Waals surface area (Å²) in [6, 6.07) is 19.1. The van der Waals surface area contributed by atoms with Crippen LogP contribution in [-0.2, 0) is 0 Å². The highest BCUT2D eigenvalue weighted by Gasteiger charge is 2.22. The largest absolute Gasteiger partial charge is 0.495 e. The van der Waals surface area contributed by atoms with E-state index in [1.807, 2.05) is 36.4 Å². The zero-order valence-corrected chi connectivity index (χ0v) is 20.6. The van der Waals surface area contributed by atoms with E-state index in [-0.39, 0.29) is 6.03 Å². The molecule has 0 atom stereocenters. The molecule has 1 aliphatic heterocycles. The molecule has 4 amide bonds. The first-order chi connectivity index (χ1) is 16.9. The van der Waals surface area contributed by atoms with Crippen molar-refractivity contribution in [2.45, 2.75) is 0 Å². The maximum atomic E-state index is 12.6. The number of urea groups is 2. The number of hydrogen-bond donors (Lipinski definition) is 3. The molecular formula is C25H25Cl2N5O3. The molecule has 3 N–H and O–H groups in total. The number of halogens is 2. The number of carbonyl (C=O) groups is 2. The summed E-state index contributed by atoms with van der Waals surface area (Å²) >= 11 is 12.1. The van der Waals surface area contributed by atoms with Crippen molar-refractivity contribution in [2.24, 2.45) is 0 Å². The first kappa shape index (κ1) is 24.5. The second-order valence-corrected chi connectivity index (χ2v) is 8.70. The second-order valence-electron chi connectivity index (χ2n) is 7.85. The van der Waals surface area contributed by atoms with E-state index < -0.39 is 6.03 Å². The lowest BCUT2D eigenvalue weighted by molar-refractivity contribution is 0.208. The van der Waals surface area contributed by atoms with Gasteiger partial charge in [-0.1, -0.05) is 35.3 Å². The Labute approximate surface area is 213 Å². The molecule has 0 aromatic heterocycles. The Hall–Kier alpha value is -3.62. The minimum atomic E-state index is -0.406. The van der Waals surface area contributed by atoms with Gasteiger partial charge in [-0.05, 0) is 54.6 Å². The minimum Gasteiger partial charge on any atom is -0.495 e. The van der Waals surface area contributed by atoms with Gasteiger partial charge in [-0.15, -0.1) is 0 Å². The van der Waals surface area contributed by atoms with Crippen LogP contribution in [0.5, 0.6) is 5.75 Å². The molecule has 8 nitrogen and oxygen atoms in total. The van der Waals surface area contributed by atoms with Crippen LogP contribution in [0.25, 0.3) is 0 Å². The standard InChI is InChI=1S/C25H25Cl2N5O3/c1-35-23-11-6-17(26)16-22(23)29-24(33)28-18-7-9-19(10-8-18)31-12-14-32(15-13-31)25(34)30-21-5-3-2-4-20(21)27/h2-11,16H,12-15H2,1H3,(H,30,34)(H2,28,29,33). The van der Waals surface area contributed by atoms with Crippen molar-refractivity contribution in [3.05, 3.63) is 76.8 Å². The van der Waals surface area contributed by atoms with E-state index >= 15 is 0 Å². The predicted molar refractivity (Wildman–Crippen MR) is 141 cm³/mol. The second kappa shape index (κ2) is 11.2. The fourth-order valence-corrected chi connectivity index (χ4v) is 4.10. The van der Waals surface area contributed by atoms with Gasteiger partial charge in [0.15, 0.2) is 0 Å². The smallest absolute Gasteiger partial charge is 0.323 e. The number of ether oxygens (including phenoxy) is 1. The molecule has 1 saturated heterocycles. The van der Waals surface area contributed by atoms with Gasteiger partial charge in [0.2, 0.25) is 0 Å². The maximum absolute atomic E-state index is 12.6. The van der Waals surface area contributed by atoms with Crippen molar-refractivity contribution < 1.29 is 14.3 Å². The van der Waals surface area contributed by atoms with Gasteiger partial charge in [0.1, 0.15) is 5.75 Å². The van der Waals surface area contributed by atoms with Crippen molar-refractivity contribution in [3.63, 3.8) is 0 Å². The number of hydrogen-bond acceptors (Lipinski definition) is 4. The highest BCUT2D eigenvalue weighted by Crippen LogP contribution is 2.28. The number of benzene rings is 3. The van der Waals surface area contributed by atoms with Gasteiger partial charge >= 0.3 is 12.1 Å². The molecule has 182 valence electrons. The van der Waals surface area contributed by atoms with E-state index in [2.05, 4.69) is 20.9 Å². The average molecular weight is 514 g/mol. The number of carbonyl (C=O) groups excluding carboxylic acids is 2. The Morgan fingerprint density at radius 1 is 0.829 bits per heavy atom. The Balaban J connectivity index is 1.29. The topological polar surface area (TPSA) is 85.9 Å². The molecule has 1 aliphatic rings. The molecule has 3 aromatic carbocycles. The summed E-state index contributed by atoms with van der Waals surface area (Å²) in [7, 11) is 1.52. The van der Waals surface area contributed by atoms with Crippen LogP contribution in [0.15, 0.2) is 66.7 Å². The zero-order valence-electron chi connectivity index (χ0n) is 19.1. The predicted octanol–water partition coefficient (Wildman–Crippen LogP) is 6.00. The van der Waals surface area contributed by atoms with Crippen LogP contribution < -0.4 is 25.6 Å². The van der Waals surface area contributed by atoms with Crippen LogP contribution in [0.2, 0.25) is 10.0 Å². The molecule has 0 spiro atoms. The number of amides is 4. The molecule has 0 bridgehead atoms. The highest BCUT2D eigenvalue weighted by atomic mass is 35.5. The molecule has 1 fully saturated rings. The summed E-state index contributed by atoms with van der Waals surface area (Å²) < 4.78 is 5.25. The summed E-state index contributed by atoms with van der Waals surface area (Å²) in [6.07, 6.45) is 0. The molecule has 3 aromatic rings. The van der Waals surface area contributed by atoms with E-state index in [1.165, 1.54) is 7.11 Å². The molecule has 35 heavy (non-hydrogen) atoms. The first-order valence-electron chi connectivity index (χ1n) is 11.0. The fourth-order valence-electron chi connectivity index (χ4n) is 3.74. The van der Waals surface area contributed by atoms with Gasteiger partial charge in [-0.25, -0.2) is 9.59 Å². The van der Waals surface area contributed by atoms with Gasteiger partial charge in [-0.2, -0.15) is 0 Å². The number of piperazine rings is 1. The lowest BCUT2D eigenvalue weighted by atomic mass is 10.2. The van der Waals surface area contributed by atoms with Crippen molar-refractivity contribution >= 4 is 58.0 Å². The molecule has 0 radical (unpaired) electrons. The van der Waals surface area contributed by atoms with Gasteiger partial charge in [0.05, 0.1) is 23.5 Å². The van der Waals surface area contributed by atoms with E-state index in [4.69, 9.17) is 27.9 Å². The molecule has 4 rings (SSSR count). The molecule has 10 heteroatoms. The third-order valence-corrected chi connectivity index (χ3v) is 6.15. The number of nitrogens with one attached hydrogen (secondary N) is 3. The fraction of sp³-hybridized carbons (Fsp3) is 0.200. The molecule has 0 saturated carbocycles. The number of nitrogens with zero attached hydrogens (tertiary/aromatic N) is 2. The molecule has 1 heterocycles. The average Bonchev–Trinajstić information content (AvgIpc) is 2.86. The van der Waals surface area contributed by atoms with Crippen LogP contribution in [0, 0.1) is 0 Å². The summed E-state index contributed by atoms with van der Waals surface area (Å²) in [5, 5.41) is 9.41. The Bertz CT molecular complexity index is 1200. The summed E-state index contributed by atoms with van der Waals surface area (Å²) in [5.41, 5.74) is 2.73. The van der Waals surface area contributed by atoms with E-state index in [0.717, 1.165) is 5.69 Å². The van der Waals surface area contributed by atoms with Gasteiger partial charge < -0.3 is 30.5 Å². The van der Waals surface area contributed by atoms with Crippen LogP contribution in [-0.4, -0.2) is 50.3 Å². The number of rotatable bonds is 5. The van der Waals surface area contributed by atoms with E-state index in [9.17, 15) is 9.59 Å². The Morgan fingerprint density at radius 3 is 2.23 bits per heavy atom. The van der Waals surface area contributed by atoms with Crippen LogP contribution >= 0.6 is 23.2 Å². The summed E-state index contributed by atoms with van der Waals surface area (Å²) in [5.74, 6) is 0.514. The van der Waals surface area contributed by atoms with E-state index in [1.54, 1.807) is 35.2 Å². The molecule has 0 unspecified atom stereocenters. The van der Waals surface area contributed by atoms with Gasteiger partial charge in [0.25, 0.3) is 0 Å². The lowest BCUT2D eigenvalue weighted by Crippen LogP contribution is -2.50. The number of methoxy groups -OCH3 is 1. The summed E-state index contributed by atoms with van der Waals surface area (Å²) in [4.78, 5) is 29.0. The number of anilines is 4. The van der Waals surface area contributed by atoms with Crippen molar-refractivity contribution in [2.75, 3.05) is 54.1 Å². The summed E-state index contributed by atoms with van der Waals surface area (Å²) in [6.45, 7) is 2.55. The first-order valence-corrected chi connectivity index (χ1v) is 11.8. The zero-order chi connectivity index (χ0) is 24.8. The van der Waals surface area contributed by atoms with Crippen LogP contribution in [0.4, 0.5) is 32.3 Å². The third-order valence-electron chi connectivity index (χ3n) is 5.58. The maximum Gasteiger partial charge on any atom is 0.323 e. The highest BCUT2D eigenvalue weighted by molar-refractivity contribution is 6.33. The van der Waals surface area contributed by atoms with Crippen molar-refractivity contribution in [3.8, 4) is 5.75 Å². The van der Waals surface area contributed by atoms with Crippen LogP contribution in [0.3, 0.4) is 0 Å². The lowest BCUT2D eigenvalue weighted by Gasteiger charge is -2.36. The SMILES string of the molecule is COc1ccc(Cl)cc1NC(=O)Nc1ccc(N2CCN(C(=O)Nc3ccccc3Cl)CC2)cc1. The van der Waals surface area contributed by atoms with E-state index in [0.29, 0.717) is 59.0 Å². The monoisotopic (exact) mass is 513 g/mol. The van der Waals surface area contributed by atoms with Crippen molar-refractivity contribution in [1.29, 1.82) is 0 Å². The van der Waals surface area contributed by atoms with Crippen LogP contribution in [0.1, 0.15) is 0 Å². The third kappa shape index (κ3) is 6.29. The quantitative estimate of drug-likeness (QED) is 0.390. The van der Waals surface area contributed by atoms with Crippen molar-refractivity contribution in [1.82, 2.24) is 4.90 Å². The number of para-hydroxylation sites is 1. The molecular weight excluding hydrogens is 489 g/mol. The molecule has 0 aliphatic carbocycles. The Morgan fingerprint density at radius 2 is 1.54 bits per heavy atom. The van der Waals surface area contributed by atoms with Gasteiger partial charge in [-0.3, -0.25) is 0 Å². The van der Waals surface area contributed by atoms with Gasteiger partial charge in [0, 0.05) is 42.6 Å². The Kier molecular flexibility index (Phi) is 7.84. The minimum absolute atomic E-state index is 0.167.